The van der Waals surface area contributed by atoms with E-state index in [2.05, 4.69) is 10.1 Å². The largest absolute Gasteiger partial charge is 0.465 e. The van der Waals surface area contributed by atoms with Crippen LogP contribution in [-0.4, -0.2) is 41.6 Å². The van der Waals surface area contributed by atoms with Gasteiger partial charge in [-0.1, -0.05) is 23.7 Å². The van der Waals surface area contributed by atoms with E-state index in [1.54, 1.807) is 48.5 Å². The van der Waals surface area contributed by atoms with Gasteiger partial charge in [-0.3, -0.25) is 19.3 Å². The number of rotatable bonds is 5. The van der Waals surface area contributed by atoms with Crippen molar-refractivity contribution in [3.8, 4) is 0 Å². The lowest BCUT2D eigenvalue weighted by atomic mass is 10.1. The van der Waals surface area contributed by atoms with Crippen LogP contribution in [0.1, 0.15) is 15.9 Å². The van der Waals surface area contributed by atoms with Crippen molar-refractivity contribution < 1.29 is 23.9 Å². The van der Waals surface area contributed by atoms with E-state index < -0.39 is 29.6 Å². The summed E-state index contributed by atoms with van der Waals surface area (Å²) in [6, 6.07) is 12.8. The maximum Gasteiger partial charge on any atom is 0.337 e. The van der Waals surface area contributed by atoms with Crippen LogP contribution in [0, 0.1) is 0 Å². The average molecular weight is 431 g/mol. The van der Waals surface area contributed by atoms with E-state index >= 15 is 0 Å². The van der Waals surface area contributed by atoms with Crippen LogP contribution in [0.25, 0.3) is 6.08 Å². The highest BCUT2D eigenvalue weighted by atomic mass is 35.5. The van der Waals surface area contributed by atoms with Crippen molar-refractivity contribution in [2.75, 3.05) is 19.0 Å². The number of hydrogen-bond acceptors (Lipinski definition) is 6. The predicted octanol–water partition coefficient (Wildman–Crippen LogP) is 3.80. The van der Waals surface area contributed by atoms with Gasteiger partial charge in [0, 0.05) is 10.7 Å². The summed E-state index contributed by atoms with van der Waals surface area (Å²) in [7, 11) is 1.29. The molecule has 0 spiro atoms. The minimum atomic E-state index is -0.552. The van der Waals surface area contributed by atoms with Gasteiger partial charge in [0.15, 0.2) is 0 Å². The first-order valence-corrected chi connectivity index (χ1v) is 9.56. The van der Waals surface area contributed by atoms with E-state index in [1.165, 1.54) is 13.2 Å². The molecular formula is C20H15ClN2O5S. The molecule has 1 N–H and O–H groups in total. The van der Waals surface area contributed by atoms with Gasteiger partial charge in [-0.15, -0.1) is 0 Å². The second-order valence-electron chi connectivity index (χ2n) is 5.94. The zero-order chi connectivity index (χ0) is 21.0. The number of ether oxygens (including phenoxy) is 1. The summed E-state index contributed by atoms with van der Waals surface area (Å²) in [6.07, 6.45) is 1.53. The van der Waals surface area contributed by atoms with Gasteiger partial charge in [0.2, 0.25) is 5.91 Å². The van der Waals surface area contributed by atoms with Crippen molar-refractivity contribution in [2.45, 2.75) is 0 Å². The molecule has 0 bridgehead atoms. The number of halogens is 1. The number of thioether (sulfide) groups is 1. The van der Waals surface area contributed by atoms with Crippen molar-refractivity contribution >= 4 is 58.1 Å². The maximum absolute atomic E-state index is 12.5. The zero-order valence-corrected chi connectivity index (χ0v) is 16.8. The van der Waals surface area contributed by atoms with Crippen LogP contribution < -0.4 is 5.32 Å². The van der Waals surface area contributed by atoms with E-state index in [1.807, 2.05) is 0 Å². The highest BCUT2D eigenvalue weighted by molar-refractivity contribution is 8.18. The van der Waals surface area contributed by atoms with Crippen molar-refractivity contribution in [3.63, 3.8) is 0 Å². The Labute approximate surface area is 175 Å². The lowest BCUT2D eigenvalue weighted by Gasteiger charge is -2.12. The Hall–Kier alpha value is -3.10. The van der Waals surface area contributed by atoms with Gasteiger partial charge in [0.05, 0.1) is 17.6 Å². The number of esters is 1. The molecule has 1 fully saturated rings. The maximum atomic E-state index is 12.5. The van der Waals surface area contributed by atoms with Gasteiger partial charge in [0.1, 0.15) is 6.54 Å². The molecule has 148 valence electrons. The molecule has 2 aromatic carbocycles. The fourth-order valence-electron chi connectivity index (χ4n) is 2.50. The molecule has 1 heterocycles. The molecule has 0 unspecified atom stereocenters. The van der Waals surface area contributed by atoms with E-state index in [0.717, 1.165) is 16.7 Å². The Balaban J connectivity index is 1.67. The topological polar surface area (TPSA) is 92.8 Å². The highest BCUT2D eigenvalue weighted by Gasteiger charge is 2.36. The van der Waals surface area contributed by atoms with Gasteiger partial charge in [-0.05, 0) is 59.8 Å². The molecule has 0 atom stereocenters. The minimum Gasteiger partial charge on any atom is -0.465 e. The molecule has 3 rings (SSSR count). The van der Waals surface area contributed by atoms with Gasteiger partial charge >= 0.3 is 5.97 Å². The monoisotopic (exact) mass is 430 g/mol. The Kier molecular flexibility index (Phi) is 6.36. The second kappa shape index (κ2) is 8.93. The van der Waals surface area contributed by atoms with Crippen LogP contribution in [0.3, 0.4) is 0 Å². The second-order valence-corrected chi connectivity index (χ2v) is 7.37. The Morgan fingerprint density at radius 2 is 1.76 bits per heavy atom. The van der Waals surface area contributed by atoms with Gasteiger partial charge in [0.25, 0.3) is 11.1 Å². The molecular weight excluding hydrogens is 416 g/mol. The molecule has 29 heavy (non-hydrogen) atoms. The summed E-state index contributed by atoms with van der Waals surface area (Å²) >= 11 is 6.55. The molecule has 1 aliphatic heterocycles. The normalized spacial score (nSPS) is 15.0. The van der Waals surface area contributed by atoms with Crippen molar-refractivity contribution in [1.82, 2.24) is 4.90 Å². The van der Waals surface area contributed by atoms with Crippen LogP contribution in [-0.2, 0) is 14.3 Å². The van der Waals surface area contributed by atoms with Gasteiger partial charge in [-0.2, -0.15) is 0 Å². The standard InChI is InChI=1S/C20H15ClN2O5S/c1-28-19(26)13-4-2-12(3-5-13)10-16-18(25)23(20(27)29-16)11-17(24)22-15-8-6-14(21)7-9-15/h2-10H,11H2,1H3,(H,22,24)/b16-10+. The smallest absolute Gasteiger partial charge is 0.337 e. The number of hydrogen-bond donors (Lipinski definition) is 1. The Morgan fingerprint density at radius 3 is 2.38 bits per heavy atom. The molecule has 1 aliphatic rings. The average Bonchev–Trinajstić information content (AvgIpc) is 2.97. The third-order valence-electron chi connectivity index (χ3n) is 3.93. The first-order chi connectivity index (χ1) is 13.9. The molecule has 0 aromatic heterocycles. The molecule has 2 aromatic rings. The first kappa shape index (κ1) is 20.6. The number of carbonyl (C=O) groups excluding carboxylic acids is 4. The van der Waals surface area contributed by atoms with Crippen LogP contribution in [0.4, 0.5) is 10.5 Å². The number of carbonyl (C=O) groups is 4. The molecule has 7 nitrogen and oxygen atoms in total. The molecule has 9 heteroatoms. The summed E-state index contributed by atoms with van der Waals surface area (Å²) < 4.78 is 4.63. The molecule has 0 saturated carbocycles. The van der Waals surface area contributed by atoms with Gasteiger partial charge < -0.3 is 10.1 Å². The Morgan fingerprint density at radius 1 is 1.10 bits per heavy atom. The fourth-order valence-corrected chi connectivity index (χ4v) is 3.46. The molecule has 0 radical (unpaired) electrons. The van der Waals surface area contributed by atoms with Crippen LogP contribution in [0.5, 0.6) is 0 Å². The number of amides is 3. The first-order valence-electron chi connectivity index (χ1n) is 8.36. The van der Waals surface area contributed by atoms with E-state index in [4.69, 9.17) is 11.6 Å². The number of nitrogens with one attached hydrogen (secondary N) is 1. The van der Waals surface area contributed by atoms with Crippen LogP contribution in [0.15, 0.2) is 53.4 Å². The van der Waals surface area contributed by atoms with E-state index in [0.29, 0.717) is 21.8 Å². The summed E-state index contributed by atoms with van der Waals surface area (Å²) in [6.45, 7) is -0.397. The summed E-state index contributed by atoms with van der Waals surface area (Å²) in [5, 5.41) is 2.61. The molecule has 1 saturated heterocycles. The fraction of sp³-hybridized carbons (Fsp3) is 0.100. The van der Waals surface area contributed by atoms with Crippen LogP contribution >= 0.6 is 23.4 Å². The van der Waals surface area contributed by atoms with Gasteiger partial charge in [-0.25, -0.2) is 4.79 Å². The number of benzene rings is 2. The summed E-state index contributed by atoms with van der Waals surface area (Å²) in [4.78, 5) is 49.4. The summed E-state index contributed by atoms with van der Waals surface area (Å²) in [5.41, 5.74) is 1.51. The highest BCUT2D eigenvalue weighted by Crippen LogP contribution is 2.32. The third-order valence-corrected chi connectivity index (χ3v) is 5.09. The number of imide groups is 1. The number of anilines is 1. The predicted molar refractivity (Wildman–Crippen MR) is 111 cm³/mol. The minimum absolute atomic E-state index is 0.195. The lowest BCUT2D eigenvalue weighted by molar-refractivity contribution is -0.127. The van der Waals surface area contributed by atoms with Crippen molar-refractivity contribution in [2.24, 2.45) is 0 Å². The Bertz CT molecular complexity index is 1000. The van der Waals surface area contributed by atoms with Crippen LogP contribution in [0.2, 0.25) is 5.02 Å². The number of methoxy groups -OCH3 is 1. The van der Waals surface area contributed by atoms with E-state index in [9.17, 15) is 19.2 Å². The third kappa shape index (κ3) is 5.04. The quantitative estimate of drug-likeness (QED) is 0.573. The van der Waals surface area contributed by atoms with E-state index in [-0.39, 0.29) is 4.91 Å². The SMILES string of the molecule is COC(=O)c1ccc(/C=C2/SC(=O)N(CC(=O)Nc3ccc(Cl)cc3)C2=O)cc1. The molecule has 0 aliphatic carbocycles. The lowest BCUT2D eigenvalue weighted by Crippen LogP contribution is -2.36. The van der Waals surface area contributed by atoms with Crippen molar-refractivity contribution in [1.29, 1.82) is 0 Å². The number of nitrogens with zero attached hydrogens (tertiary/aromatic N) is 1. The zero-order valence-electron chi connectivity index (χ0n) is 15.2. The molecule has 3 amide bonds. The van der Waals surface area contributed by atoms with Crippen molar-refractivity contribution in [3.05, 3.63) is 69.6 Å². The summed E-state index contributed by atoms with van der Waals surface area (Å²) in [5.74, 6) is -1.52.